The van der Waals surface area contributed by atoms with Crippen LogP contribution in [0.15, 0.2) is 42.5 Å². The third-order valence-corrected chi connectivity index (χ3v) is 3.35. The maximum Gasteiger partial charge on any atom is 0.139 e. The van der Waals surface area contributed by atoms with E-state index in [0.29, 0.717) is 11.6 Å². The Balaban J connectivity index is 2.13. The number of para-hydroxylation sites is 2. The standard InChI is InChI=1S/C16H19ClN2O/c1-19(2)11-13-6-3-4-9-15(13)18-10-12-7-5-8-14(17)16(12)20/h3-9,18,20H,10-11H2,1-2H3. The van der Waals surface area contributed by atoms with Crippen molar-refractivity contribution >= 4 is 17.3 Å². The molecule has 0 aromatic heterocycles. The lowest BCUT2D eigenvalue weighted by Gasteiger charge is -2.16. The van der Waals surface area contributed by atoms with E-state index in [2.05, 4.69) is 16.3 Å². The highest BCUT2D eigenvalue weighted by Crippen LogP contribution is 2.28. The van der Waals surface area contributed by atoms with Crippen LogP contribution in [0.2, 0.25) is 5.02 Å². The average molecular weight is 291 g/mol. The fourth-order valence-corrected chi connectivity index (χ4v) is 2.26. The van der Waals surface area contributed by atoms with Crippen molar-refractivity contribution in [3.8, 4) is 5.75 Å². The van der Waals surface area contributed by atoms with Gasteiger partial charge in [-0.15, -0.1) is 0 Å². The molecular formula is C16H19ClN2O. The van der Waals surface area contributed by atoms with E-state index in [-0.39, 0.29) is 5.75 Å². The average Bonchev–Trinajstić information content (AvgIpc) is 2.41. The topological polar surface area (TPSA) is 35.5 Å². The molecule has 20 heavy (non-hydrogen) atoms. The molecule has 0 bridgehead atoms. The van der Waals surface area contributed by atoms with Crippen molar-refractivity contribution in [3.05, 3.63) is 58.6 Å². The van der Waals surface area contributed by atoms with Crippen molar-refractivity contribution in [2.75, 3.05) is 19.4 Å². The monoisotopic (exact) mass is 290 g/mol. The molecule has 2 N–H and O–H groups in total. The molecule has 2 aromatic rings. The van der Waals surface area contributed by atoms with Crippen LogP contribution in [-0.4, -0.2) is 24.1 Å². The van der Waals surface area contributed by atoms with Gasteiger partial charge in [0, 0.05) is 24.3 Å². The molecule has 4 heteroatoms. The summed E-state index contributed by atoms with van der Waals surface area (Å²) < 4.78 is 0. The lowest BCUT2D eigenvalue weighted by atomic mass is 10.1. The Morgan fingerprint density at radius 2 is 1.75 bits per heavy atom. The Hall–Kier alpha value is -1.71. The number of hydrogen-bond acceptors (Lipinski definition) is 3. The van der Waals surface area contributed by atoms with Crippen molar-refractivity contribution in [2.24, 2.45) is 0 Å². The van der Waals surface area contributed by atoms with Crippen LogP contribution in [-0.2, 0) is 13.1 Å². The maximum atomic E-state index is 9.91. The number of phenols is 1. The second-order valence-corrected chi connectivity index (χ2v) is 5.40. The normalized spacial score (nSPS) is 10.8. The van der Waals surface area contributed by atoms with Gasteiger partial charge >= 0.3 is 0 Å². The minimum absolute atomic E-state index is 0.145. The number of nitrogens with zero attached hydrogens (tertiary/aromatic N) is 1. The molecule has 0 aliphatic rings. The molecule has 0 amide bonds. The summed E-state index contributed by atoms with van der Waals surface area (Å²) in [5.74, 6) is 0.145. The molecule has 0 atom stereocenters. The Kier molecular flexibility index (Phi) is 4.88. The molecule has 0 radical (unpaired) electrons. The Bertz CT molecular complexity index is 584. The van der Waals surface area contributed by atoms with Gasteiger partial charge in [-0.05, 0) is 31.8 Å². The molecule has 0 aliphatic heterocycles. The summed E-state index contributed by atoms with van der Waals surface area (Å²) >= 11 is 5.91. The van der Waals surface area contributed by atoms with Crippen molar-refractivity contribution < 1.29 is 5.11 Å². The van der Waals surface area contributed by atoms with E-state index >= 15 is 0 Å². The van der Waals surface area contributed by atoms with Gasteiger partial charge in [-0.1, -0.05) is 41.9 Å². The third-order valence-electron chi connectivity index (χ3n) is 3.04. The number of rotatable bonds is 5. The molecule has 0 heterocycles. The van der Waals surface area contributed by atoms with Gasteiger partial charge < -0.3 is 15.3 Å². The summed E-state index contributed by atoms with van der Waals surface area (Å²) in [6, 6.07) is 13.6. The Labute approximate surface area is 124 Å². The zero-order valence-corrected chi connectivity index (χ0v) is 12.5. The molecule has 2 aromatic carbocycles. The molecule has 0 saturated heterocycles. The van der Waals surface area contributed by atoms with Gasteiger partial charge in [-0.3, -0.25) is 0 Å². The van der Waals surface area contributed by atoms with Gasteiger partial charge in [-0.2, -0.15) is 0 Å². The minimum atomic E-state index is 0.145. The number of phenolic OH excluding ortho intramolecular Hbond substituents is 1. The van der Waals surface area contributed by atoms with Crippen molar-refractivity contribution in [1.82, 2.24) is 4.90 Å². The summed E-state index contributed by atoms with van der Waals surface area (Å²) in [5.41, 5.74) is 3.08. The Morgan fingerprint density at radius 1 is 1.05 bits per heavy atom. The van der Waals surface area contributed by atoms with Gasteiger partial charge in [0.2, 0.25) is 0 Å². The number of nitrogens with one attached hydrogen (secondary N) is 1. The summed E-state index contributed by atoms with van der Waals surface area (Å²) in [6.07, 6.45) is 0. The summed E-state index contributed by atoms with van der Waals surface area (Å²) in [7, 11) is 4.08. The molecule has 0 aliphatic carbocycles. The highest BCUT2D eigenvalue weighted by atomic mass is 35.5. The number of benzene rings is 2. The van der Waals surface area contributed by atoms with Gasteiger partial charge in [0.15, 0.2) is 0 Å². The highest BCUT2D eigenvalue weighted by Gasteiger charge is 2.07. The fraction of sp³-hybridized carbons (Fsp3) is 0.250. The lowest BCUT2D eigenvalue weighted by molar-refractivity contribution is 0.403. The molecule has 0 saturated carbocycles. The number of hydrogen-bond donors (Lipinski definition) is 2. The first-order chi connectivity index (χ1) is 9.58. The van der Waals surface area contributed by atoms with Crippen LogP contribution in [0.5, 0.6) is 5.75 Å². The molecule has 2 rings (SSSR count). The molecule has 0 unspecified atom stereocenters. The number of anilines is 1. The lowest BCUT2D eigenvalue weighted by Crippen LogP contribution is -2.12. The predicted molar refractivity (Wildman–Crippen MR) is 84.3 cm³/mol. The van der Waals surface area contributed by atoms with Crippen LogP contribution >= 0.6 is 11.6 Å². The van der Waals surface area contributed by atoms with Crippen LogP contribution in [0.3, 0.4) is 0 Å². The first kappa shape index (κ1) is 14.7. The minimum Gasteiger partial charge on any atom is -0.506 e. The summed E-state index contributed by atoms with van der Waals surface area (Å²) in [4.78, 5) is 2.12. The van der Waals surface area contributed by atoms with E-state index in [0.717, 1.165) is 17.8 Å². The van der Waals surface area contributed by atoms with Crippen LogP contribution in [0.25, 0.3) is 0 Å². The molecule has 0 fully saturated rings. The van der Waals surface area contributed by atoms with Gasteiger partial charge in [-0.25, -0.2) is 0 Å². The van der Waals surface area contributed by atoms with E-state index in [9.17, 15) is 5.11 Å². The van der Waals surface area contributed by atoms with E-state index < -0.39 is 0 Å². The van der Waals surface area contributed by atoms with Crippen molar-refractivity contribution in [1.29, 1.82) is 0 Å². The maximum absolute atomic E-state index is 9.91. The van der Waals surface area contributed by atoms with E-state index in [1.165, 1.54) is 5.56 Å². The zero-order valence-electron chi connectivity index (χ0n) is 11.7. The molecule has 0 spiro atoms. The van der Waals surface area contributed by atoms with Crippen molar-refractivity contribution in [3.63, 3.8) is 0 Å². The second-order valence-electron chi connectivity index (χ2n) is 5.00. The van der Waals surface area contributed by atoms with Crippen LogP contribution in [0, 0.1) is 0 Å². The smallest absolute Gasteiger partial charge is 0.139 e. The zero-order chi connectivity index (χ0) is 14.5. The second kappa shape index (κ2) is 6.64. The Morgan fingerprint density at radius 3 is 2.50 bits per heavy atom. The molecular weight excluding hydrogens is 272 g/mol. The van der Waals surface area contributed by atoms with Gasteiger partial charge in [0.1, 0.15) is 5.75 Å². The summed E-state index contributed by atoms with van der Waals surface area (Å²) in [5, 5.41) is 13.6. The molecule has 3 nitrogen and oxygen atoms in total. The van der Waals surface area contributed by atoms with Crippen LogP contribution in [0.4, 0.5) is 5.69 Å². The quantitative estimate of drug-likeness (QED) is 0.881. The van der Waals surface area contributed by atoms with Gasteiger partial charge in [0.25, 0.3) is 0 Å². The summed E-state index contributed by atoms with van der Waals surface area (Å²) in [6.45, 7) is 1.40. The number of halogens is 1. The first-order valence-corrected chi connectivity index (χ1v) is 6.88. The third kappa shape index (κ3) is 3.65. The van der Waals surface area contributed by atoms with E-state index in [1.54, 1.807) is 6.07 Å². The molecule has 106 valence electrons. The fourth-order valence-electron chi connectivity index (χ4n) is 2.06. The predicted octanol–water partition coefficient (Wildman–Crippen LogP) is 3.72. The van der Waals surface area contributed by atoms with Gasteiger partial charge in [0.05, 0.1) is 5.02 Å². The highest BCUT2D eigenvalue weighted by molar-refractivity contribution is 6.32. The van der Waals surface area contributed by atoms with Crippen LogP contribution in [0.1, 0.15) is 11.1 Å². The van der Waals surface area contributed by atoms with E-state index in [4.69, 9.17) is 11.6 Å². The van der Waals surface area contributed by atoms with Crippen molar-refractivity contribution in [2.45, 2.75) is 13.1 Å². The SMILES string of the molecule is CN(C)Cc1ccccc1NCc1cccc(Cl)c1O. The first-order valence-electron chi connectivity index (χ1n) is 6.51. The van der Waals surface area contributed by atoms with E-state index in [1.807, 2.05) is 44.4 Å². The largest absolute Gasteiger partial charge is 0.506 e. The van der Waals surface area contributed by atoms with Crippen LogP contribution < -0.4 is 5.32 Å². The number of aromatic hydroxyl groups is 1.